The fourth-order valence-corrected chi connectivity index (χ4v) is 2.26. The van der Waals surface area contributed by atoms with Gasteiger partial charge in [-0.1, -0.05) is 12.1 Å². The molecule has 2 aromatic carbocycles. The van der Waals surface area contributed by atoms with E-state index in [1.807, 2.05) is 0 Å². The van der Waals surface area contributed by atoms with E-state index in [-0.39, 0.29) is 18.2 Å². The molecule has 24 heavy (non-hydrogen) atoms. The number of anilines is 2. The number of amides is 2. The van der Waals surface area contributed by atoms with E-state index in [0.717, 1.165) is 6.07 Å². The number of carbonyl (C=O) groups is 2. The first kappa shape index (κ1) is 15.8. The maximum Gasteiger partial charge on any atom is 0.269 e. The van der Waals surface area contributed by atoms with E-state index in [9.17, 15) is 14.0 Å². The Balaban J connectivity index is 1.72. The highest BCUT2D eigenvalue weighted by atomic mass is 19.1. The lowest BCUT2D eigenvalue weighted by atomic mass is 10.2. The van der Waals surface area contributed by atoms with Gasteiger partial charge in [0.05, 0.1) is 5.69 Å². The number of hydrogen-bond donors (Lipinski definition) is 2. The van der Waals surface area contributed by atoms with E-state index in [1.54, 1.807) is 24.3 Å². The molecule has 1 atom stereocenters. The van der Waals surface area contributed by atoms with Crippen LogP contribution < -0.4 is 20.1 Å². The fraction of sp³-hybridized carbons (Fsp3) is 0.176. The summed E-state index contributed by atoms with van der Waals surface area (Å²) in [4.78, 5) is 23.4. The first-order valence-electron chi connectivity index (χ1n) is 7.29. The molecule has 1 aliphatic heterocycles. The maximum absolute atomic E-state index is 13.9. The highest BCUT2D eigenvalue weighted by Crippen LogP contribution is 2.31. The maximum atomic E-state index is 13.9. The molecular weight excluding hydrogens is 315 g/mol. The van der Waals surface area contributed by atoms with Crippen LogP contribution >= 0.6 is 0 Å². The molecule has 1 unspecified atom stereocenters. The molecule has 2 N–H and O–H groups in total. The van der Waals surface area contributed by atoms with E-state index in [0.29, 0.717) is 17.2 Å². The number of rotatable bonds is 3. The largest absolute Gasteiger partial charge is 0.485 e. The third kappa shape index (κ3) is 3.45. The van der Waals surface area contributed by atoms with Crippen molar-refractivity contribution >= 4 is 23.2 Å². The van der Waals surface area contributed by atoms with Gasteiger partial charge in [-0.05, 0) is 30.3 Å². The van der Waals surface area contributed by atoms with Gasteiger partial charge in [-0.25, -0.2) is 4.39 Å². The Kier molecular flexibility index (Phi) is 4.33. The molecule has 0 aliphatic carbocycles. The summed E-state index contributed by atoms with van der Waals surface area (Å²) < 4.78 is 24.9. The van der Waals surface area contributed by atoms with Crippen LogP contribution in [0.15, 0.2) is 42.5 Å². The van der Waals surface area contributed by atoms with Gasteiger partial charge in [0.15, 0.2) is 11.5 Å². The topological polar surface area (TPSA) is 76.7 Å². The average molecular weight is 330 g/mol. The van der Waals surface area contributed by atoms with Gasteiger partial charge in [0.2, 0.25) is 12.0 Å². The summed E-state index contributed by atoms with van der Waals surface area (Å²) in [5.41, 5.74) is 0.332. The van der Waals surface area contributed by atoms with Crippen LogP contribution in [0.2, 0.25) is 0 Å². The Labute approximate surface area is 137 Å². The molecule has 6 nitrogen and oxygen atoms in total. The van der Waals surface area contributed by atoms with Crippen molar-refractivity contribution in [2.24, 2.45) is 0 Å². The van der Waals surface area contributed by atoms with Crippen LogP contribution in [0.4, 0.5) is 15.8 Å². The Morgan fingerprint density at radius 2 is 1.88 bits per heavy atom. The number of para-hydroxylation sites is 2. The quantitative estimate of drug-likeness (QED) is 0.907. The average Bonchev–Trinajstić information content (AvgIpc) is 2.57. The zero-order chi connectivity index (χ0) is 17.1. The summed E-state index contributed by atoms with van der Waals surface area (Å²) in [7, 11) is 0. The van der Waals surface area contributed by atoms with Crippen molar-refractivity contribution in [1.29, 1.82) is 0 Å². The van der Waals surface area contributed by atoms with Crippen LogP contribution in [0, 0.1) is 5.82 Å². The summed E-state index contributed by atoms with van der Waals surface area (Å²) in [6.07, 6.45) is -0.899. The number of benzene rings is 2. The normalized spacial score (nSPS) is 15.5. The Morgan fingerprint density at radius 3 is 2.62 bits per heavy atom. The van der Waals surface area contributed by atoms with Gasteiger partial charge in [-0.3, -0.25) is 9.59 Å². The van der Waals surface area contributed by atoms with Crippen LogP contribution in [-0.4, -0.2) is 24.5 Å². The van der Waals surface area contributed by atoms with Crippen molar-refractivity contribution in [2.45, 2.75) is 13.0 Å². The number of fused-ring (bicyclic) bond motifs is 1. The lowest BCUT2D eigenvalue weighted by Gasteiger charge is -2.25. The predicted molar refractivity (Wildman–Crippen MR) is 85.7 cm³/mol. The van der Waals surface area contributed by atoms with Gasteiger partial charge in [-0.2, -0.15) is 0 Å². The molecule has 7 heteroatoms. The second-order valence-electron chi connectivity index (χ2n) is 5.23. The lowest BCUT2D eigenvalue weighted by molar-refractivity contribution is -0.125. The van der Waals surface area contributed by atoms with Crippen LogP contribution in [0.25, 0.3) is 0 Å². The minimum absolute atomic E-state index is 0.0237. The van der Waals surface area contributed by atoms with Gasteiger partial charge in [0.1, 0.15) is 12.4 Å². The molecule has 0 radical (unpaired) electrons. The first-order valence-corrected chi connectivity index (χ1v) is 7.29. The summed E-state index contributed by atoms with van der Waals surface area (Å²) >= 11 is 0. The Bertz CT molecular complexity index is 794. The standard InChI is InChI=1S/C17H15FN2O4/c1-10(21)19-11-6-7-12(18)13(8-11)20-17(22)16-9-23-14-4-2-3-5-15(14)24-16/h2-8,16H,9H2,1H3,(H,19,21)(H,20,22). The molecule has 2 aromatic rings. The molecule has 0 saturated heterocycles. The molecule has 1 heterocycles. The molecule has 1 aliphatic rings. The van der Waals surface area contributed by atoms with Gasteiger partial charge >= 0.3 is 0 Å². The zero-order valence-electron chi connectivity index (χ0n) is 12.8. The summed E-state index contributed by atoms with van der Waals surface area (Å²) in [6.45, 7) is 1.36. The number of ether oxygens (including phenoxy) is 2. The van der Waals surface area contributed by atoms with Crippen molar-refractivity contribution in [3.05, 3.63) is 48.3 Å². The van der Waals surface area contributed by atoms with Gasteiger partial charge in [-0.15, -0.1) is 0 Å². The molecule has 0 bridgehead atoms. The van der Waals surface area contributed by atoms with Crippen LogP contribution in [0.1, 0.15) is 6.92 Å². The van der Waals surface area contributed by atoms with Crippen LogP contribution in [-0.2, 0) is 9.59 Å². The van der Waals surface area contributed by atoms with Gasteiger partial charge in [0.25, 0.3) is 5.91 Å². The Hall–Kier alpha value is -3.09. The fourth-order valence-electron chi connectivity index (χ4n) is 2.26. The van der Waals surface area contributed by atoms with Crippen molar-refractivity contribution in [1.82, 2.24) is 0 Å². The summed E-state index contributed by atoms with van der Waals surface area (Å²) in [5, 5.41) is 4.98. The monoisotopic (exact) mass is 330 g/mol. The minimum atomic E-state index is -0.899. The molecule has 0 aromatic heterocycles. The Morgan fingerprint density at radius 1 is 1.12 bits per heavy atom. The van der Waals surface area contributed by atoms with Crippen LogP contribution in [0.5, 0.6) is 11.5 Å². The summed E-state index contributed by atoms with van der Waals surface area (Å²) in [6, 6.07) is 10.9. The molecule has 3 rings (SSSR count). The van der Waals surface area contributed by atoms with E-state index in [4.69, 9.17) is 9.47 Å². The lowest BCUT2D eigenvalue weighted by Crippen LogP contribution is -2.40. The van der Waals surface area contributed by atoms with Crippen molar-refractivity contribution < 1.29 is 23.5 Å². The van der Waals surface area contributed by atoms with Gasteiger partial charge in [0, 0.05) is 12.6 Å². The highest BCUT2D eigenvalue weighted by molar-refractivity contribution is 5.96. The van der Waals surface area contributed by atoms with E-state index >= 15 is 0 Å². The van der Waals surface area contributed by atoms with Crippen molar-refractivity contribution in [3.63, 3.8) is 0 Å². The van der Waals surface area contributed by atoms with Crippen molar-refractivity contribution in [2.75, 3.05) is 17.2 Å². The molecule has 0 spiro atoms. The molecule has 124 valence electrons. The number of carbonyl (C=O) groups excluding carboxylic acids is 2. The van der Waals surface area contributed by atoms with Crippen molar-refractivity contribution in [3.8, 4) is 11.5 Å². The molecule has 0 fully saturated rings. The number of hydrogen-bond acceptors (Lipinski definition) is 4. The second kappa shape index (κ2) is 6.57. The van der Waals surface area contributed by atoms with E-state index < -0.39 is 17.8 Å². The highest BCUT2D eigenvalue weighted by Gasteiger charge is 2.27. The van der Waals surface area contributed by atoms with Crippen LogP contribution in [0.3, 0.4) is 0 Å². The van der Waals surface area contributed by atoms with E-state index in [2.05, 4.69) is 10.6 Å². The third-order valence-corrected chi connectivity index (χ3v) is 3.35. The predicted octanol–water partition coefficient (Wildman–Crippen LogP) is 2.56. The second-order valence-corrected chi connectivity index (χ2v) is 5.23. The molecule has 2 amide bonds. The third-order valence-electron chi connectivity index (χ3n) is 3.35. The van der Waals surface area contributed by atoms with Gasteiger partial charge < -0.3 is 20.1 Å². The number of nitrogens with one attached hydrogen (secondary N) is 2. The first-order chi connectivity index (χ1) is 11.5. The number of halogens is 1. The minimum Gasteiger partial charge on any atom is -0.485 e. The molecular formula is C17H15FN2O4. The van der Waals surface area contributed by atoms with E-state index in [1.165, 1.54) is 19.1 Å². The summed E-state index contributed by atoms with van der Waals surface area (Å²) in [5.74, 6) is -0.436. The smallest absolute Gasteiger partial charge is 0.269 e. The SMILES string of the molecule is CC(=O)Nc1ccc(F)c(NC(=O)C2COc3ccccc3O2)c1. The molecule has 0 saturated carbocycles. The zero-order valence-corrected chi connectivity index (χ0v) is 12.8.